The topological polar surface area (TPSA) is 46.6 Å². The number of benzene rings is 2. The summed E-state index contributed by atoms with van der Waals surface area (Å²) in [5.41, 5.74) is 1.27. The third-order valence-corrected chi connectivity index (χ3v) is 6.56. The van der Waals surface area contributed by atoms with Crippen LogP contribution in [0.1, 0.15) is 24.8 Å². The Labute approximate surface area is 173 Å². The van der Waals surface area contributed by atoms with Gasteiger partial charge in [0.2, 0.25) is 0 Å². The number of likely N-dealkylation sites (tertiary alicyclic amines) is 1. The van der Waals surface area contributed by atoms with Crippen molar-refractivity contribution in [1.82, 2.24) is 4.90 Å². The number of halogens is 1. The van der Waals surface area contributed by atoms with E-state index < -0.39 is 9.84 Å². The Morgan fingerprint density at radius 2 is 1.93 bits per heavy atom. The third kappa shape index (κ3) is 6.50. The van der Waals surface area contributed by atoms with Crippen molar-refractivity contribution >= 4 is 21.4 Å². The molecule has 1 unspecified atom stereocenters. The summed E-state index contributed by atoms with van der Waals surface area (Å²) in [7, 11) is -3.17. The molecule has 1 atom stereocenters. The predicted octanol–water partition coefficient (Wildman–Crippen LogP) is 4.47. The maximum atomic E-state index is 11.6. The summed E-state index contributed by atoms with van der Waals surface area (Å²) in [5.74, 6) is 1.21. The highest BCUT2D eigenvalue weighted by molar-refractivity contribution is 7.90. The lowest BCUT2D eigenvalue weighted by atomic mass is 10.0. The highest BCUT2D eigenvalue weighted by Crippen LogP contribution is 2.21. The summed E-state index contributed by atoms with van der Waals surface area (Å²) in [6.07, 6.45) is 5.81. The Kier molecular flexibility index (Phi) is 7.38. The van der Waals surface area contributed by atoms with Crippen LogP contribution < -0.4 is 4.74 Å². The zero-order valence-electron chi connectivity index (χ0n) is 16.3. The fourth-order valence-electron chi connectivity index (χ4n) is 3.63. The van der Waals surface area contributed by atoms with E-state index in [0.717, 1.165) is 43.2 Å². The van der Waals surface area contributed by atoms with Crippen LogP contribution in [-0.2, 0) is 16.3 Å². The molecule has 0 saturated carbocycles. The molecule has 2 aromatic carbocycles. The molecule has 1 aliphatic heterocycles. The van der Waals surface area contributed by atoms with Crippen molar-refractivity contribution in [2.45, 2.75) is 30.6 Å². The fourth-order valence-corrected chi connectivity index (χ4v) is 4.48. The monoisotopic (exact) mass is 421 g/mol. The zero-order chi connectivity index (χ0) is 20.0. The molecule has 6 heteroatoms. The Morgan fingerprint density at radius 3 is 2.64 bits per heavy atom. The van der Waals surface area contributed by atoms with Crippen LogP contribution in [0.15, 0.2) is 53.4 Å². The van der Waals surface area contributed by atoms with Gasteiger partial charge in [-0.2, -0.15) is 0 Å². The van der Waals surface area contributed by atoms with Crippen molar-refractivity contribution in [2.75, 3.05) is 32.5 Å². The van der Waals surface area contributed by atoms with E-state index in [4.69, 9.17) is 16.3 Å². The van der Waals surface area contributed by atoms with E-state index in [9.17, 15) is 8.42 Å². The predicted molar refractivity (Wildman–Crippen MR) is 114 cm³/mol. The maximum absolute atomic E-state index is 11.6. The molecule has 4 nitrogen and oxygen atoms in total. The first-order valence-electron chi connectivity index (χ1n) is 9.80. The molecule has 0 radical (unpaired) electrons. The zero-order valence-corrected chi connectivity index (χ0v) is 17.9. The van der Waals surface area contributed by atoms with Gasteiger partial charge in [-0.25, -0.2) is 8.42 Å². The molecular formula is C22H28ClNO3S. The number of hydrogen-bond donors (Lipinski definition) is 0. The van der Waals surface area contributed by atoms with E-state index in [1.165, 1.54) is 24.7 Å². The maximum Gasteiger partial charge on any atom is 0.175 e. The summed E-state index contributed by atoms with van der Waals surface area (Å²) < 4.78 is 29.1. The van der Waals surface area contributed by atoms with Gasteiger partial charge >= 0.3 is 0 Å². The third-order valence-electron chi connectivity index (χ3n) is 5.20. The van der Waals surface area contributed by atoms with Gasteiger partial charge in [-0.15, -0.1) is 0 Å². The quantitative estimate of drug-likeness (QED) is 0.661. The van der Waals surface area contributed by atoms with Crippen LogP contribution in [0.4, 0.5) is 0 Å². The summed E-state index contributed by atoms with van der Waals surface area (Å²) in [5, 5.41) is 0.793. The van der Waals surface area contributed by atoms with Crippen LogP contribution >= 0.6 is 11.6 Å². The molecule has 3 rings (SSSR count). The standard InChI is InChI=1S/C22H28ClNO3S/c1-28(25,26)22-10-8-21(9-11-22)27-17-19-5-2-3-13-24(16-19)14-12-18-6-4-7-20(23)15-18/h4,6-11,15,19H,2-3,5,12-14,16-17H2,1H3. The molecule has 28 heavy (non-hydrogen) atoms. The minimum absolute atomic E-state index is 0.321. The summed E-state index contributed by atoms with van der Waals surface area (Å²) in [6.45, 7) is 3.84. The van der Waals surface area contributed by atoms with Crippen molar-refractivity contribution in [3.05, 3.63) is 59.1 Å². The van der Waals surface area contributed by atoms with Gasteiger partial charge in [0.15, 0.2) is 9.84 Å². The molecule has 1 saturated heterocycles. The molecule has 1 heterocycles. The van der Waals surface area contributed by atoms with Crippen LogP contribution in [0.25, 0.3) is 0 Å². The molecule has 0 bridgehead atoms. The van der Waals surface area contributed by atoms with Gasteiger partial charge in [0.25, 0.3) is 0 Å². The Bertz CT molecular complexity index is 868. The molecule has 0 aliphatic carbocycles. The number of sulfone groups is 1. The van der Waals surface area contributed by atoms with Crippen LogP contribution in [0, 0.1) is 5.92 Å². The first-order valence-corrected chi connectivity index (χ1v) is 12.1. The average molecular weight is 422 g/mol. The summed E-state index contributed by atoms with van der Waals surface area (Å²) in [4.78, 5) is 2.84. The molecule has 0 spiro atoms. The van der Waals surface area contributed by atoms with Gasteiger partial charge < -0.3 is 9.64 Å². The minimum atomic E-state index is -3.17. The van der Waals surface area contributed by atoms with Crippen molar-refractivity contribution in [2.24, 2.45) is 5.92 Å². The number of nitrogens with zero attached hydrogens (tertiary/aromatic N) is 1. The number of hydrogen-bond acceptors (Lipinski definition) is 4. The Hall–Kier alpha value is -1.56. The molecule has 0 aromatic heterocycles. The summed E-state index contributed by atoms with van der Waals surface area (Å²) >= 11 is 6.09. The lowest BCUT2D eigenvalue weighted by Gasteiger charge is -2.24. The highest BCUT2D eigenvalue weighted by Gasteiger charge is 2.19. The lowest BCUT2D eigenvalue weighted by Crippen LogP contribution is -2.32. The van der Waals surface area contributed by atoms with Gasteiger partial charge in [0, 0.05) is 30.3 Å². The second-order valence-corrected chi connectivity index (χ2v) is 10.0. The van der Waals surface area contributed by atoms with E-state index in [-0.39, 0.29) is 0 Å². The first kappa shape index (κ1) is 21.2. The van der Waals surface area contributed by atoms with Crippen LogP contribution in [0.2, 0.25) is 5.02 Å². The molecule has 152 valence electrons. The molecular weight excluding hydrogens is 394 g/mol. The van der Waals surface area contributed by atoms with Crippen molar-refractivity contribution in [1.29, 1.82) is 0 Å². The van der Waals surface area contributed by atoms with Crippen LogP contribution in [0.3, 0.4) is 0 Å². The molecule has 1 fully saturated rings. The first-order chi connectivity index (χ1) is 13.4. The number of rotatable bonds is 7. The van der Waals surface area contributed by atoms with Crippen molar-refractivity contribution in [3.63, 3.8) is 0 Å². The molecule has 1 aliphatic rings. The average Bonchev–Trinajstić information content (AvgIpc) is 2.90. The fraction of sp³-hybridized carbons (Fsp3) is 0.455. The van der Waals surface area contributed by atoms with Gasteiger partial charge in [-0.1, -0.05) is 30.2 Å². The van der Waals surface area contributed by atoms with Crippen LogP contribution in [0.5, 0.6) is 5.75 Å². The van der Waals surface area contributed by atoms with E-state index in [2.05, 4.69) is 11.0 Å². The smallest absolute Gasteiger partial charge is 0.175 e. The van der Waals surface area contributed by atoms with E-state index in [1.807, 2.05) is 18.2 Å². The molecule has 0 N–H and O–H groups in total. The molecule has 2 aromatic rings. The number of ether oxygens (including phenoxy) is 1. The van der Waals surface area contributed by atoms with Crippen molar-refractivity contribution < 1.29 is 13.2 Å². The van der Waals surface area contributed by atoms with Gasteiger partial charge in [0.1, 0.15) is 5.75 Å². The second-order valence-electron chi connectivity index (χ2n) is 7.60. The second kappa shape index (κ2) is 9.77. The summed E-state index contributed by atoms with van der Waals surface area (Å²) in [6, 6.07) is 14.8. The van der Waals surface area contributed by atoms with E-state index in [1.54, 1.807) is 24.3 Å². The van der Waals surface area contributed by atoms with E-state index in [0.29, 0.717) is 17.4 Å². The van der Waals surface area contributed by atoms with Gasteiger partial charge in [-0.05, 0) is 67.8 Å². The highest BCUT2D eigenvalue weighted by atomic mass is 35.5. The normalized spacial score (nSPS) is 18.6. The minimum Gasteiger partial charge on any atom is -0.493 e. The largest absolute Gasteiger partial charge is 0.493 e. The molecule has 0 amide bonds. The SMILES string of the molecule is CS(=O)(=O)c1ccc(OCC2CCCCN(CCc3cccc(Cl)c3)C2)cc1. The Morgan fingerprint density at radius 1 is 1.14 bits per heavy atom. The van der Waals surface area contributed by atoms with Gasteiger partial charge in [-0.3, -0.25) is 0 Å². The van der Waals surface area contributed by atoms with Crippen LogP contribution in [-0.4, -0.2) is 45.8 Å². The Balaban J connectivity index is 1.51. The van der Waals surface area contributed by atoms with Gasteiger partial charge in [0.05, 0.1) is 11.5 Å². The lowest BCUT2D eigenvalue weighted by molar-refractivity contribution is 0.188. The van der Waals surface area contributed by atoms with E-state index >= 15 is 0 Å². The van der Waals surface area contributed by atoms with Crippen molar-refractivity contribution in [3.8, 4) is 5.75 Å².